The Morgan fingerprint density at radius 1 is 1.39 bits per heavy atom. The molecule has 0 bridgehead atoms. The Kier molecular flexibility index (Phi) is 2.17. The third kappa shape index (κ3) is 1.48. The van der Waals surface area contributed by atoms with Crippen LogP contribution in [0.5, 0.6) is 0 Å². The summed E-state index contributed by atoms with van der Waals surface area (Å²) >= 11 is 3.45. The van der Waals surface area contributed by atoms with Crippen molar-refractivity contribution < 1.29 is 9.53 Å². The lowest BCUT2D eigenvalue weighted by molar-refractivity contribution is -0.142. The lowest BCUT2D eigenvalue weighted by atomic mass is 9.95. The highest BCUT2D eigenvalue weighted by atomic mass is 79.9. The first-order chi connectivity index (χ1) is 8.71. The minimum atomic E-state index is -0.195. The standard InChI is InChI=1S/C14H14BrNO2/c15-11-4-3-9(12(16-11)8-1-2-8)10-7-14(10)5-6-18-13(14)17/h3-4,8,10H,1-2,5-7H2. The molecule has 1 aliphatic heterocycles. The van der Waals surface area contributed by atoms with Crippen molar-refractivity contribution in [1.82, 2.24) is 4.98 Å². The summed E-state index contributed by atoms with van der Waals surface area (Å²) in [6.45, 7) is 0.595. The van der Waals surface area contributed by atoms with Gasteiger partial charge in [-0.05, 0) is 53.2 Å². The fourth-order valence-electron chi connectivity index (χ4n) is 3.23. The number of hydrogen-bond donors (Lipinski definition) is 0. The number of rotatable bonds is 2. The summed E-state index contributed by atoms with van der Waals surface area (Å²) in [5.74, 6) is 0.980. The molecular weight excluding hydrogens is 294 g/mol. The van der Waals surface area contributed by atoms with E-state index < -0.39 is 0 Å². The number of cyclic esters (lactones) is 1. The summed E-state index contributed by atoms with van der Waals surface area (Å²) in [5.41, 5.74) is 2.31. The number of aromatic nitrogens is 1. The van der Waals surface area contributed by atoms with Crippen LogP contribution in [-0.4, -0.2) is 17.6 Å². The van der Waals surface area contributed by atoms with Crippen molar-refractivity contribution in [3.05, 3.63) is 28.0 Å². The molecule has 3 nitrogen and oxygen atoms in total. The first kappa shape index (κ1) is 11.0. The van der Waals surface area contributed by atoms with Gasteiger partial charge in [0.15, 0.2) is 0 Å². The van der Waals surface area contributed by atoms with Gasteiger partial charge in [0, 0.05) is 17.5 Å². The SMILES string of the molecule is O=C1OCCC12CC2c1ccc(Br)nc1C1CC1. The molecule has 3 fully saturated rings. The predicted molar refractivity (Wildman–Crippen MR) is 69.3 cm³/mol. The molecule has 4 heteroatoms. The summed E-state index contributed by atoms with van der Waals surface area (Å²) < 4.78 is 6.05. The van der Waals surface area contributed by atoms with E-state index in [0.29, 0.717) is 18.4 Å². The first-order valence-corrected chi connectivity index (χ1v) is 7.33. The summed E-state index contributed by atoms with van der Waals surface area (Å²) in [6, 6.07) is 4.14. The molecule has 2 heterocycles. The average molecular weight is 308 g/mol. The maximum atomic E-state index is 11.9. The minimum Gasteiger partial charge on any atom is -0.465 e. The molecule has 94 valence electrons. The maximum absolute atomic E-state index is 11.9. The molecule has 4 rings (SSSR count). The molecule has 1 aromatic rings. The summed E-state index contributed by atoms with van der Waals surface area (Å²) in [5, 5.41) is 0. The van der Waals surface area contributed by atoms with Gasteiger partial charge in [-0.15, -0.1) is 0 Å². The van der Waals surface area contributed by atoms with Gasteiger partial charge in [-0.2, -0.15) is 0 Å². The molecule has 0 amide bonds. The fourth-order valence-corrected chi connectivity index (χ4v) is 3.55. The van der Waals surface area contributed by atoms with E-state index in [1.165, 1.54) is 24.1 Å². The lowest BCUT2D eigenvalue weighted by Gasteiger charge is -2.10. The molecule has 1 saturated heterocycles. The van der Waals surface area contributed by atoms with Crippen molar-refractivity contribution in [3.63, 3.8) is 0 Å². The smallest absolute Gasteiger partial charge is 0.312 e. The lowest BCUT2D eigenvalue weighted by Crippen LogP contribution is -2.11. The average Bonchev–Trinajstić information content (AvgIpc) is 3.21. The number of nitrogens with zero attached hydrogens (tertiary/aromatic N) is 1. The number of carbonyl (C=O) groups excluding carboxylic acids is 1. The second-order valence-electron chi connectivity index (χ2n) is 5.68. The molecule has 1 aromatic heterocycles. The number of ether oxygens (including phenoxy) is 1. The zero-order chi connectivity index (χ0) is 12.3. The van der Waals surface area contributed by atoms with Crippen LogP contribution in [0.4, 0.5) is 0 Å². The molecule has 18 heavy (non-hydrogen) atoms. The van der Waals surface area contributed by atoms with E-state index in [1.807, 2.05) is 6.07 Å². The summed E-state index contributed by atoms with van der Waals surface area (Å²) in [4.78, 5) is 16.5. The van der Waals surface area contributed by atoms with Crippen molar-refractivity contribution in [2.45, 2.75) is 37.5 Å². The van der Waals surface area contributed by atoms with Gasteiger partial charge in [-0.1, -0.05) is 6.07 Å². The topological polar surface area (TPSA) is 39.2 Å². The van der Waals surface area contributed by atoms with E-state index in [2.05, 4.69) is 27.0 Å². The Morgan fingerprint density at radius 3 is 2.89 bits per heavy atom. The number of pyridine rings is 1. The predicted octanol–water partition coefficient (Wildman–Crippen LogP) is 3.14. The highest BCUT2D eigenvalue weighted by molar-refractivity contribution is 9.10. The molecule has 2 saturated carbocycles. The van der Waals surface area contributed by atoms with E-state index >= 15 is 0 Å². The molecule has 2 aliphatic carbocycles. The van der Waals surface area contributed by atoms with Gasteiger partial charge in [0.05, 0.1) is 12.0 Å². The van der Waals surface area contributed by atoms with Crippen LogP contribution in [0.1, 0.15) is 48.8 Å². The van der Waals surface area contributed by atoms with Gasteiger partial charge < -0.3 is 4.74 Å². The molecule has 2 atom stereocenters. The normalized spacial score (nSPS) is 33.8. The monoisotopic (exact) mass is 307 g/mol. The van der Waals surface area contributed by atoms with Crippen molar-refractivity contribution in [2.75, 3.05) is 6.61 Å². The maximum Gasteiger partial charge on any atom is 0.312 e. The van der Waals surface area contributed by atoms with Gasteiger partial charge in [0.1, 0.15) is 4.60 Å². The van der Waals surface area contributed by atoms with E-state index in [0.717, 1.165) is 17.4 Å². The van der Waals surface area contributed by atoms with E-state index in [-0.39, 0.29) is 11.4 Å². The fraction of sp³-hybridized carbons (Fsp3) is 0.571. The van der Waals surface area contributed by atoms with Crippen LogP contribution in [0, 0.1) is 5.41 Å². The van der Waals surface area contributed by atoms with Crippen LogP contribution in [0.2, 0.25) is 0 Å². The van der Waals surface area contributed by atoms with Gasteiger partial charge in [0.2, 0.25) is 0 Å². The van der Waals surface area contributed by atoms with Crippen molar-refractivity contribution in [1.29, 1.82) is 0 Å². The molecule has 0 radical (unpaired) electrons. The number of halogens is 1. The Balaban J connectivity index is 1.72. The highest BCUT2D eigenvalue weighted by Crippen LogP contribution is 2.65. The van der Waals surface area contributed by atoms with Gasteiger partial charge in [-0.3, -0.25) is 4.79 Å². The Labute approximate surface area is 114 Å². The van der Waals surface area contributed by atoms with Crippen molar-refractivity contribution >= 4 is 21.9 Å². The minimum absolute atomic E-state index is 0.0113. The van der Waals surface area contributed by atoms with Gasteiger partial charge in [-0.25, -0.2) is 4.98 Å². The number of carbonyl (C=O) groups is 1. The van der Waals surface area contributed by atoms with Gasteiger partial charge in [0.25, 0.3) is 0 Å². The molecule has 1 spiro atoms. The van der Waals surface area contributed by atoms with E-state index in [9.17, 15) is 4.79 Å². The molecule has 2 unspecified atom stereocenters. The third-order valence-corrected chi connectivity index (χ3v) is 4.97. The van der Waals surface area contributed by atoms with Crippen LogP contribution >= 0.6 is 15.9 Å². The second-order valence-corrected chi connectivity index (χ2v) is 6.49. The van der Waals surface area contributed by atoms with Gasteiger partial charge >= 0.3 is 5.97 Å². The van der Waals surface area contributed by atoms with Crippen LogP contribution in [0.3, 0.4) is 0 Å². The zero-order valence-electron chi connectivity index (χ0n) is 9.99. The number of hydrogen-bond acceptors (Lipinski definition) is 3. The first-order valence-electron chi connectivity index (χ1n) is 6.54. The molecule has 3 aliphatic rings. The number of esters is 1. The molecule has 0 aromatic carbocycles. The largest absolute Gasteiger partial charge is 0.465 e. The van der Waals surface area contributed by atoms with E-state index in [4.69, 9.17) is 4.74 Å². The Bertz CT molecular complexity index is 541. The Hall–Kier alpha value is -0.900. The zero-order valence-corrected chi connectivity index (χ0v) is 11.6. The van der Waals surface area contributed by atoms with E-state index in [1.54, 1.807) is 0 Å². The summed E-state index contributed by atoms with van der Waals surface area (Å²) in [6.07, 6.45) is 4.31. The summed E-state index contributed by atoms with van der Waals surface area (Å²) in [7, 11) is 0. The highest BCUT2D eigenvalue weighted by Gasteiger charge is 2.64. The molecule has 0 N–H and O–H groups in total. The van der Waals surface area contributed by atoms with Crippen molar-refractivity contribution in [3.8, 4) is 0 Å². The third-order valence-electron chi connectivity index (χ3n) is 4.53. The molecular formula is C14H14BrNO2. The quantitative estimate of drug-likeness (QED) is 0.622. The van der Waals surface area contributed by atoms with Crippen LogP contribution in [-0.2, 0) is 9.53 Å². The van der Waals surface area contributed by atoms with Crippen LogP contribution in [0.25, 0.3) is 0 Å². The van der Waals surface area contributed by atoms with Crippen LogP contribution in [0.15, 0.2) is 16.7 Å². The van der Waals surface area contributed by atoms with Crippen LogP contribution < -0.4 is 0 Å². The van der Waals surface area contributed by atoms with Crippen molar-refractivity contribution in [2.24, 2.45) is 5.41 Å². The Morgan fingerprint density at radius 2 is 2.22 bits per heavy atom. The second kappa shape index (κ2) is 3.56.